The predicted molar refractivity (Wildman–Crippen MR) is 94.6 cm³/mol. The number of hydrogen-bond acceptors (Lipinski definition) is 4. The second-order valence-corrected chi connectivity index (χ2v) is 6.57. The van der Waals surface area contributed by atoms with Crippen LogP contribution in [-0.4, -0.2) is 16.4 Å². The summed E-state index contributed by atoms with van der Waals surface area (Å²) in [5, 5.41) is 8.97. The molecule has 0 bridgehead atoms. The second-order valence-electron chi connectivity index (χ2n) is 4.80. The Morgan fingerprint density at radius 3 is 2.67 bits per heavy atom. The summed E-state index contributed by atoms with van der Waals surface area (Å²) < 4.78 is 0. The number of hydrogen-bond donors (Lipinski definition) is 2. The summed E-state index contributed by atoms with van der Waals surface area (Å²) in [7, 11) is 0. The maximum absolute atomic E-state index is 5.96. The summed E-state index contributed by atoms with van der Waals surface area (Å²) in [4.78, 5) is 8.58. The van der Waals surface area contributed by atoms with Crippen LogP contribution in [0.15, 0.2) is 40.1 Å². The lowest BCUT2D eigenvalue weighted by Crippen LogP contribution is -2.21. The number of rotatable bonds is 4. The van der Waals surface area contributed by atoms with E-state index in [1.165, 1.54) is 11.8 Å². The fourth-order valence-corrected chi connectivity index (χ4v) is 2.51. The first-order valence-corrected chi connectivity index (χ1v) is 8.01. The molecule has 0 fully saturated rings. The van der Waals surface area contributed by atoms with E-state index in [1.54, 1.807) is 18.3 Å². The van der Waals surface area contributed by atoms with Gasteiger partial charge in [-0.1, -0.05) is 23.2 Å². The highest BCUT2D eigenvalue weighted by molar-refractivity contribution is 8.29. The van der Waals surface area contributed by atoms with Gasteiger partial charge in [0.25, 0.3) is 0 Å². The normalized spacial score (nSPS) is 16.8. The van der Waals surface area contributed by atoms with Crippen molar-refractivity contribution in [2.75, 3.05) is 5.32 Å². The van der Waals surface area contributed by atoms with Crippen molar-refractivity contribution in [1.29, 1.82) is 0 Å². The van der Waals surface area contributed by atoms with E-state index in [2.05, 4.69) is 34.5 Å². The largest absolute Gasteiger partial charge is 0.385 e. The van der Waals surface area contributed by atoms with E-state index in [4.69, 9.17) is 23.2 Å². The van der Waals surface area contributed by atoms with Crippen molar-refractivity contribution in [3.63, 3.8) is 0 Å². The molecule has 2 rings (SSSR count). The third kappa shape index (κ3) is 4.95. The number of benzene rings is 1. The first kappa shape index (κ1) is 16.2. The number of allylic oxidation sites excluding steroid dienone is 1. The van der Waals surface area contributed by atoms with Crippen molar-refractivity contribution in [3.05, 3.63) is 40.1 Å². The van der Waals surface area contributed by atoms with Crippen molar-refractivity contribution in [1.82, 2.24) is 5.32 Å². The zero-order valence-electron chi connectivity index (χ0n) is 11.9. The van der Waals surface area contributed by atoms with Crippen LogP contribution in [0.5, 0.6) is 0 Å². The summed E-state index contributed by atoms with van der Waals surface area (Å²) in [6.45, 7) is 6.14. The Morgan fingerprint density at radius 2 is 2.05 bits per heavy atom. The van der Waals surface area contributed by atoms with Crippen molar-refractivity contribution < 1.29 is 0 Å². The summed E-state index contributed by atoms with van der Waals surface area (Å²) in [6, 6.07) is 5.75. The maximum atomic E-state index is 5.96. The Morgan fingerprint density at radius 1 is 1.33 bits per heavy atom. The highest BCUT2D eigenvalue weighted by Crippen LogP contribution is 2.27. The molecule has 0 saturated carbocycles. The molecular formula is C14H16Cl2N4S. The molecule has 2 N–H and O–H groups in total. The molecular weight excluding hydrogens is 327 g/mol. The minimum atomic E-state index is 0.394. The Balaban J connectivity index is 1.93. The summed E-state index contributed by atoms with van der Waals surface area (Å²) in [5.41, 5.74) is 1.86. The van der Waals surface area contributed by atoms with Crippen molar-refractivity contribution >= 4 is 51.0 Å². The van der Waals surface area contributed by atoms with Gasteiger partial charge < -0.3 is 10.6 Å². The topological polar surface area (TPSA) is 48.8 Å². The number of aliphatic imine (C=N–C) groups is 2. The zero-order valence-corrected chi connectivity index (χ0v) is 14.3. The quantitative estimate of drug-likeness (QED) is 0.831. The van der Waals surface area contributed by atoms with Crippen LogP contribution in [0.4, 0.5) is 5.69 Å². The second kappa shape index (κ2) is 7.20. The van der Waals surface area contributed by atoms with Gasteiger partial charge in [0, 0.05) is 23.6 Å². The van der Waals surface area contributed by atoms with Crippen LogP contribution in [0.3, 0.4) is 0 Å². The van der Waals surface area contributed by atoms with Crippen LogP contribution in [0, 0.1) is 0 Å². The number of amidine groups is 2. The van der Waals surface area contributed by atoms with Crippen molar-refractivity contribution in [2.24, 2.45) is 9.98 Å². The Hall–Kier alpha value is -1.17. The van der Waals surface area contributed by atoms with Gasteiger partial charge in [0.05, 0.1) is 10.0 Å². The lowest BCUT2D eigenvalue weighted by atomic mass is 10.3. The third-order valence-electron chi connectivity index (χ3n) is 2.44. The van der Waals surface area contributed by atoms with E-state index >= 15 is 0 Å². The molecule has 1 aromatic rings. The summed E-state index contributed by atoms with van der Waals surface area (Å²) in [5.74, 6) is 0. The van der Waals surface area contributed by atoms with Gasteiger partial charge in [-0.25, -0.2) is 4.99 Å². The van der Waals surface area contributed by atoms with Crippen molar-refractivity contribution in [2.45, 2.75) is 26.8 Å². The monoisotopic (exact) mass is 342 g/mol. The molecule has 0 atom stereocenters. The third-order valence-corrected chi connectivity index (χ3v) is 3.95. The van der Waals surface area contributed by atoms with Gasteiger partial charge in [-0.3, -0.25) is 0 Å². The Kier molecular flexibility index (Phi) is 5.56. The number of nitrogens with one attached hydrogen (secondary N) is 2. The summed E-state index contributed by atoms with van der Waals surface area (Å²) >= 11 is 13.3. The van der Waals surface area contributed by atoms with Gasteiger partial charge in [-0.2, -0.15) is 4.99 Å². The van der Waals surface area contributed by atoms with Crippen LogP contribution >= 0.6 is 35.0 Å². The first-order valence-electron chi connectivity index (χ1n) is 6.44. The molecule has 1 aliphatic rings. The fraction of sp³-hybridized carbons (Fsp3) is 0.286. The molecule has 0 aliphatic carbocycles. The molecule has 4 nitrogen and oxygen atoms in total. The van der Waals surface area contributed by atoms with Gasteiger partial charge >= 0.3 is 0 Å². The molecule has 1 heterocycles. The highest BCUT2D eigenvalue weighted by Gasteiger charge is 2.17. The minimum absolute atomic E-state index is 0.394. The summed E-state index contributed by atoms with van der Waals surface area (Å²) in [6.07, 6.45) is 1.78. The minimum Gasteiger partial charge on any atom is -0.385 e. The van der Waals surface area contributed by atoms with E-state index in [0.717, 1.165) is 21.7 Å². The predicted octanol–water partition coefficient (Wildman–Crippen LogP) is 4.72. The van der Waals surface area contributed by atoms with E-state index < -0.39 is 0 Å². The van der Waals surface area contributed by atoms with Crippen LogP contribution in [0.25, 0.3) is 0 Å². The molecule has 7 heteroatoms. The molecule has 0 amide bonds. The first-order chi connectivity index (χ1) is 9.94. The van der Waals surface area contributed by atoms with Gasteiger partial charge in [0.15, 0.2) is 10.3 Å². The smallest absolute Gasteiger partial charge is 0.197 e. The van der Waals surface area contributed by atoms with Gasteiger partial charge in [0.1, 0.15) is 0 Å². The maximum Gasteiger partial charge on any atom is 0.197 e. The standard InChI is InChI=1S/C14H16Cl2N4S/c1-8(2)18-9(3)7-17-13-20-14(21-13)19-10-4-5-11(15)12(16)6-10/h4-8,18H,1-3H3,(H,17,19,20)/b9-7-. The Bertz CT molecular complexity index is 623. The van der Waals surface area contributed by atoms with Gasteiger partial charge in [0.2, 0.25) is 0 Å². The van der Waals surface area contributed by atoms with Crippen LogP contribution in [0.1, 0.15) is 20.8 Å². The van der Waals surface area contributed by atoms with E-state index in [9.17, 15) is 0 Å². The molecule has 0 spiro atoms. The number of nitrogens with zero attached hydrogens (tertiary/aromatic N) is 2. The molecule has 21 heavy (non-hydrogen) atoms. The van der Waals surface area contributed by atoms with E-state index in [-0.39, 0.29) is 0 Å². The van der Waals surface area contributed by atoms with Crippen LogP contribution < -0.4 is 10.6 Å². The number of thioether (sulfide) groups is 1. The average molecular weight is 343 g/mol. The highest BCUT2D eigenvalue weighted by atomic mass is 35.5. The zero-order chi connectivity index (χ0) is 15.4. The molecule has 1 aromatic carbocycles. The van der Waals surface area contributed by atoms with Crippen LogP contribution in [-0.2, 0) is 0 Å². The fourth-order valence-electron chi connectivity index (χ4n) is 1.63. The average Bonchev–Trinajstić information content (AvgIpc) is 2.35. The van der Waals surface area contributed by atoms with Gasteiger partial charge in [-0.05, 0) is 50.7 Å². The molecule has 112 valence electrons. The van der Waals surface area contributed by atoms with Crippen LogP contribution in [0.2, 0.25) is 10.0 Å². The lowest BCUT2D eigenvalue weighted by molar-refractivity contribution is 0.668. The molecule has 0 radical (unpaired) electrons. The lowest BCUT2D eigenvalue weighted by Gasteiger charge is -2.16. The molecule has 1 aliphatic heterocycles. The van der Waals surface area contributed by atoms with Crippen molar-refractivity contribution in [3.8, 4) is 0 Å². The Labute approximate surface area is 138 Å². The molecule has 0 unspecified atom stereocenters. The number of anilines is 1. The molecule has 0 saturated heterocycles. The van der Waals surface area contributed by atoms with E-state index in [0.29, 0.717) is 16.1 Å². The van der Waals surface area contributed by atoms with Gasteiger partial charge in [-0.15, -0.1) is 0 Å². The SMILES string of the molecule is C/C(=C/N=C1N=C(Nc2ccc(Cl)c(Cl)c2)S1)NC(C)C. The molecule has 0 aromatic heterocycles. The number of halogens is 2. The van der Waals surface area contributed by atoms with E-state index in [1.807, 2.05) is 13.0 Å².